The van der Waals surface area contributed by atoms with Gasteiger partial charge in [0, 0.05) is 30.3 Å². The first-order valence-electron chi connectivity index (χ1n) is 12.8. The molecular weight excluding hydrogens is 428 g/mol. The number of pyridine rings is 1. The van der Waals surface area contributed by atoms with Crippen LogP contribution in [0.4, 0.5) is 0 Å². The summed E-state index contributed by atoms with van der Waals surface area (Å²) >= 11 is 0. The molecule has 1 saturated heterocycles. The molecule has 1 aliphatic carbocycles. The maximum atomic E-state index is 13.1. The van der Waals surface area contributed by atoms with Gasteiger partial charge in [-0.2, -0.15) is 0 Å². The quantitative estimate of drug-likeness (QED) is 0.539. The number of hydrogen-bond acceptors (Lipinski definition) is 6. The fraction of sp³-hybridized carbons (Fsp3) is 0.615. The van der Waals surface area contributed by atoms with E-state index in [9.17, 15) is 4.79 Å². The Labute approximate surface area is 200 Å². The lowest BCUT2D eigenvalue weighted by Gasteiger charge is -2.38. The van der Waals surface area contributed by atoms with Crippen LogP contribution in [0.2, 0.25) is 0 Å². The van der Waals surface area contributed by atoms with Crippen LogP contribution in [0.3, 0.4) is 0 Å². The lowest BCUT2D eigenvalue weighted by Crippen LogP contribution is -2.41. The Morgan fingerprint density at radius 1 is 1.18 bits per heavy atom. The lowest BCUT2D eigenvalue weighted by atomic mass is 9.97. The zero-order valence-corrected chi connectivity index (χ0v) is 20.5. The Morgan fingerprint density at radius 3 is 2.74 bits per heavy atom. The Morgan fingerprint density at radius 2 is 2.00 bits per heavy atom. The van der Waals surface area contributed by atoms with E-state index in [-0.39, 0.29) is 23.6 Å². The summed E-state index contributed by atoms with van der Waals surface area (Å²) in [6.45, 7) is 8.57. The number of H-pyrrole nitrogens is 1. The van der Waals surface area contributed by atoms with E-state index < -0.39 is 0 Å². The number of nitrogens with zero attached hydrogens (tertiary/aromatic N) is 5. The summed E-state index contributed by atoms with van der Waals surface area (Å²) < 4.78 is 7.81. The monoisotopic (exact) mass is 464 g/mol. The molecule has 8 heteroatoms. The topological polar surface area (TPSA) is 88.9 Å². The van der Waals surface area contributed by atoms with Crippen LogP contribution in [0.15, 0.2) is 29.1 Å². The highest BCUT2D eigenvalue weighted by Gasteiger charge is 2.36. The molecule has 3 aromatic rings. The zero-order valence-electron chi connectivity index (χ0n) is 20.5. The zero-order chi connectivity index (χ0) is 23.7. The summed E-state index contributed by atoms with van der Waals surface area (Å²) in [5, 5.41) is 14.0. The van der Waals surface area contributed by atoms with Crippen LogP contribution in [0.1, 0.15) is 75.4 Å². The van der Waals surface area contributed by atoms with Crippen LogP contribution in [0.25, 0.3) is 10.9 Å². The maximum absolute atomic E-state index is 13.1. The molecule has 0 unspecified atom stereocenters. The lowest BCUT2D eigenvalue weighted by molar-refractivity contribution is 0.0718. The van der Waals surface area contributed by atoms with Crippen molar-refractivity contribution in [3.8, 4) is 0 Å². The van der Waals surface area contributed by atoms with E-state index in [0.29, 0.717) is 19.1 Å². The number of rotatable bonds is 8. The highest BCUT2D eigenvalue weighted by Crippen LogP contribution is 2.36. The third-order valence-electron chi connectivity index (χ3n) is 7.44. The van der Waals surface area contributed by atoms with Gasteiger partial charge in [-0.1, -0.05) is 38.8 Å². The number of ether oxygens (including phenoxy) is 1. The number of aromatic amines is 1. The van der Waals surface area contributed by atoms with Gasteiger partial charge >= 0.3 is 0 Å². The molecule has 2 fully saturated rings. The van der Waals surface area contributed by atoms with Crippen molar-refractivity contribution in [2.24, 2.45) is 5.92 Å². The van der Waals surface area contributed by atoms with Gasteiger partial charge in [0.1, 0.15) is 0 Å². The van der Waals surface area contributed by atoms with Gasteiger partial charge in [0.15, 0.2) is 5.82 Å². The van der Waals surface area contributed by atoms with Crippen LogP contribution in [-0.4, -0.2) is 48.8 Å². The summed E-state index contributed by atoms with van der Waals surface area (Å²) in [6, 6.07) is 8.70. The second kappa shape index (κ2) is 9.96. The van der Waals surface area contributed by atoms with Gasteiger partial charge in [0.25, 0.3) is 5.56 Å². The molecule has 5 rings (SSSR count). The summed E-state index contributed by atoms with van der Waals surface area (Å²) in [6.07, 6.45) is 7.03. The Kier molecular flexibility index (Phi) is 6.79. The summed E-state index contributed by atoms with van der Waals surface area (Å²) in [7, 11) is 0. The van der Waals surface area contributed by atoms with Gasteiger partial charge in [-0.05, 0) is 72.0 Å². The standard InChI is InChI=1S/C26H36N6O2/c1-17(2)24(25-28-29-30-32(25)16-22-9-6-12-34-22)31(21-7-4-5-8-21)15-20-14-19-11-10-18(3)13-23(19)27-26(20)33/h10-11,13-14,17,21-22,24H,4-9,12,15-16H2,1-3H3,(H,27,33)/t22-,24+/m1/s1. The summed E-state index contributed by atoms with van der Waals surface area (Å²) in [5.41, 5.74) is 2.82. The van der Waals surface area contributed by atoms with Crippen LogP contribution in [-0.2, 0) is 17.8 Å². The van der Waals surface area contributed by atoms with E-state index in [1.54, 1.807) is 0 Å². The molecule has 2 atom stereocenters. The van der Waals surface area contributed by atoms with Crippen molar-refractivity contribution >= 4 is 10.9 Å². The first-order chi connectivity index (χ1) is 16.5. The predicted molar refractivity (Wildman–Crippen MR) is 131 cm³/mol. The molecule has 1 aliphatic heterocycles. The molecule has 0 amide bonds. The molecule has 0 spiro atoms. The molecule has 1 saturated carbocycles. The van der Waals surface area contributed by atoms with Gasteiger partial charge in [-0.3, -0.25) is 9.69 Å². The van der Waals surface area contributed by atoms with Gasteiger partial charge in [0.2, 0.25) is 0 Å². The molecule has 1 aromatic carbocycles. The van der Waals surface area contributed by atoms with Crippen LogP contribution >= 0.6 is 0 Å². The number of hydrogen-bond donors (Lipinski definition) is 1. The number of aryl methyl sites for hydroxylation is 1. The van der Waals surface area contributed by atoms with Crippen molar-refractivity contribution in [3.05, 3.63) is 51.6 Å². The number of tetrazole rings is 1. The highest BCUT2D eigenvalue weighted by atomic mass is 16.5. The number of nitrogens with one attached hydrogen (secondary N) is 1. The molecule has 2 aromatic heterocycles. The molecule has 0 bridgehead atoms. The first kappa shape index (κ1) is 23.2. The minimum absolute atomic E-state index is 0.0115. The van der Waals surface area contributed by atoms with E-state index in [0.717, 1.165) is 60.1 Å². The average molecular weight is 465 g/mol. The second-order valence-corrected chi connectivity index (χ2v) is 10.4. The summed E-state index contributed by atoms with van der Waals surface area (Å²) in [4.78, 5) is 18.7. The van der Waals surface area contributed by atoms with Crippen molar-refractivity contribution in [3.63, 3.8) is 0 Å². The maximum Gasteiger partial charge on any atom is 0.252 e. The fourth-order valence-corrected chi connectivity index (χ4v) is 5.73. The molecule has 1 N–H and O–H groups in total. The van der Waals surface area contributed by atoms with Crippen LogP contribution in [0, 0.1) is 12.8 Å². The average Bonchev–Trinajstić information content (AvgIpc) is 3.58. The highest BCUT2D eigenvalue weighted by molar-refractivity contribution is 5.79. The van der Waals surface area contributed by atoms with Gasteiger partial charge in [-0.25, -0.2) is 4.68 Å². The molecule has 8 nitrogen and oxygen atoms in total. The first-order valence-corrected chi connectivity index (χ1v) is 12.8. The van der Waals surface area contributed by atoms with Gasteiger partial charge < -0.3 is 9.72 Å². The normalized spacial score (nSPS) is 20.2. The van der Waals surface area contributed by atoms with E-state index in [1.807, 2.05) is 17.7 Å². The van der Waals surface area contributed by atoms with E-state index in [2.05, 4.69) is 57.5 Å². The van der Waals surface area contributed by atoms with Gasteiger partial charge in [-0.15, -0.1) is 5.10 Å². The van der Waals surface area contributed by atoms with E-state index in [1.165, 1.54) is 12.8 Å². The molecule has 0 radical (unpaired) electrons. The summed E-state index contributed by atoms with van der Waals surface area (Å²) in [5.74, 6) is 1.17. The number of fused-ring (bicyclic) bond motifs is 1. The Hall–Kier alpha value is -2.58. The SMILES string of the molecule is Cc1ccc2cc(CN(C3CCCC3)[C@H](c3nnnn3C[C@H]3CCCO3)C(C)C)c(=O)[nH]c2c1. The molecule has 3 heterocycles. The largest absolute Gasteiger partial charge is 0.376 e. The van der Waals surface area contributed by atoms with Crippen molar-refractivity contribution in [2.75, 3.05) is 6.61 Å². The molecular formula is C26H36N6O2. The van der Waals surface area contributed by atoms with E-state index in [4.69, 9.17) is 4.74 Å². The van der Waals surface area contributed by atoms with Crippen molar-refractivity contribution in [2.45, 2.75) is 90.6 Å². The van der Waals surface area contributed by atoms with Crippen molar-refractivity contribution < 1.29 is 4.74 Å². The molecule has 2 aliphatic rings. The fourth-order valence-electron chi connectivity index (χ4n) is 5.73. The van der Waals surface area contributed by atoms with E-state index >= 15 is 0 Å². The minimum atomic E-state index is -0.0115. The van der Waals surface area contributed by atoms with Gasteiger partial charge in [0.05, 0.1) is 18.7 Å². The Bertz CT molecular complexity index is 1170. The van der Waals surface area contributed by atoms with Crippen LogP contribution < -0.4 is 5.56 Å². The van der Waals surface area contributed by atoms with Crippen LogP contribution in [0.5, 0.6) is 0 Å². The molecule has 34 heavy (non-hydrogen) atoms. The van der Waals surface area contributed by atoms with Crippen molar-refractivity contribution in [1.82, 2.24) is 30.1 Å². The molecule has 182 valence electrons. The number of aromatic nitrogens is 5. The van der Waals surface area contributed by atoms with Crippen molar-refractivity contribution in [1.29, 1.82) is 0 Å². The second-order valence-electron chi connectivity index (χ2n) is 10.4. The Balaban J connectivity index is 1.50. The minimum Gasteiger partial charge on any atom is -0.376 e. The third-order valence-corrected chi connectivity index (χ3v) is 7.44. The smallest absolute Gasteiger partial charge is 0.252 e. The predicted octanol–water partition coefficient (Wildman–Crippen LogP) is 4.14. The number of benzene rings is 1. The third kappa shape index (κ3) is 4.79.